The molecule has 0 fully saturated rings. The van der Waals surface area contributed by atoms with E-state index in [4.69, 9.17) is 4.74 Å². The highest BCUT2D eigenvalue weighted by molar-refractivity contribution is 5.99. The summed E-state index contributed by atoms with van der Waals surface area (Å²) in [7, 11) is 0. The van der Waals surface area contributed by atoms with Crippen LogP contribution in [-0.4, -0.2) is 12.4 Å². The summed E-state index contributed by atoms with van der Waals surface area (Å²) in [5.74, 6) is 0.761. The number of hydrogen-bond donors (Lipinski definition) is 0. The SMILES string of the molecule is CCOc1ccccc1C(=O)Cc1cccc(C)c1. The van der Waals surface area contributed by atoms with E-state index >= 15 is 0 Å². The van der Waals surface area contributed by atoms with Crippen LogP contribution < -0.4 is 4.74 Å². The van der Waals surface area contributed by atoms with Gasteiger partial charge in [-0.25, -0.2) is 0 Å². The van der Waals surface area contributed by atoms with Crippen molar-refractivity contribution in [3.05, 3.63) is 65.2 Å². The summed E-state index contributed by atoms with van der Waals surface area (Å²) in [5, 5.41) is 0. The standard InChI is InChI=1S/C17H18O2/c1-3-19-17-10-5-4-9-15(17)16(18)12-14-8-6-7-13(2)11-14/h4-11H,3,12H2,1-2H3. The van der Waals surface area contributed by atoms with Crippen molar-refractivity contribution in [1.82, 2.24) is 0 Å². The lowest BCUT2D eigenvalue weighted by Crippen LogP contribution is -2.07. The highest BCUT2D eigenvalue weighted by atomic mass is 16.5. The third kappa shape index (κ3) is 3.44. The molecule has 0 atom stereocenters. The van der Waals surface area contributed by atoms with Gasteiger partial charge >= 0.3 is 0 Å². The van der Waals surface area contributed by atoms with Gasteiger partial charge in [0.25, 0.3) is 0 Å². The highest BCUT2D eigenvalue weighted by Gasteiger charge is 2.12. The van der Waals surface area contributed by atoms with E-state index in [1.807, 2.05) is 62.4 Å². The molecule has 0 saturated heterocycles. The molecule has 0 saturated carbocycles. The van der Waals surface area contributed by atoms with Gasteiger partial charge in [0.1, 0.15) is 5.75 Å². The molecule has 2 rings (SSSR count). The molecule has 0 unspecified atom stereocenters. The van der Waals surface area contributed by atoms with E-state index in [0.717, 1.165) is 5.56 Å². The molecule has 0 radical (unpaired) electrons. The zero-order valence-corrected chi connectivity index (χ0v) is 11.3. The molecular formula is C17H18O2. The highest BCUT2D eigenvalue weighted by Crippen LogP contribution is 2.20. The summed E-state index contributed by atoms with van der Waals surface area (Å²) in [4.78, 5) is 12.3. The fourth-order valence-corrected chi connectivity index (χ4v) is 2.08. The van der Waals surface area contributed by atoms with Gasteiger partial charge < -0.3 is 4.74 Å². The van der Waals surface area contributed by atoms with Gasteiger partial charge in [0.2, 0.25) is 0 Å². The number of ether oxygens (including phenoxy) is 1. The number of benzene rings is 2. The first-order valence-electron chi connectivity index (χ1n) is 6.51. The van der Waals surface area contributed by atoms with Gasteiger partial charge in [-0.3, -0.25) is 4.79 Å². The lowest BCUT2D eigenvalue weighted by Gasteiger charge is -2.09. The van der Waals surface area contributed by atoms with E-state index in [2.05, 4.69) is 0 Å². The molecule has 2 aromatic carbocycles. The molecule has 98 valence electrons. The molecule has 0 spiro atoms. The predicted octanol–water partition coefficient (Wildman–Crippen LogP) is 3.82. The van der Waals surface area contributed by atoms with Gasteiger partial charge in [-0.1, -0.05) is 42.0 Å². The van der Waals surface area contributed by atoms with E-state index < -0.39 is 0 Å². The van der Waals surface area contributed by atoms with E-state index in [1.165, 1.54) is 5.56 Å². The molecule has 0 amide bonds. The molecule has 0 aliphatic heterocycles. The Labute approximate surface area is 114 Å². The van der Waals surface area contributed by atoms with Crippen molar-refractivity contribution in [2.45, 2.75) is 20.3 Å². The van der Waals surface area contributed by atoms with Crippen LogP contribution in [-0.2, 0) is 6.42 Å². The lowest BCUT2D eigenvalue weighted by atomic mass is 10.0. The Bertz CT molecular complexity index is 573. The van der Waals surface area contributed by atoms with E-state index in [-0.39, 0.29) is 5.78 Å². The van der Waals surface area contributed by atoms with Crippen LogP contribution in [0.4, 0.5) is 0 Å². The summed E-state index contributed by atoms with van der Waals surface area (Å²) >= 11 is 0. The van der Waals surface area contributed by atoms with Gasteiger partial charge in [-0.2, -0.15) is 0 Å². The van der Waals surface area contributed by atoms with Crippen molar-refractivity contribution in [2.24, 2.45) is 0 Å². The summed E-state index contributed by atoms with van der Waals surface area (Å²) in [5.41, 5.74) is 2.87. The average Bonchev–Trinajstić information content (AvgIpc) is 2.39. The smallest absolute Gasteiger partial charge is 0.170 e. The summed E-state index contributed by atoms with van der Waals surface area (Å²) in [6.45, 7) is 4.51. The molecule has 0 bridgehead atoms. The van der Waals surface area contributed by atoms with Crippen molar-refractivity contribution in [2.75, 3.05) is 6.61 Å². The second-order valence-electron chi connectivity index (χ2n) is 4.52. The molecule has 0 aromatic heterocycles. The van der Waals surface area contributed by atoms with Gasteiger partial charge in [0.05, 0.1) is 12.2 Å². The normalized spacial score (nSPS) is 10.2. The molecular weight excluding hydrogens is 236 g/mol. The van der Waals surface area contributed by atoms with Crippen molar-refractivity contribution < 1.29 is 9.53 Å². The minimum atomic E-state index is 0.0923. The van der Waals surface area contributed by atoms with Crippen LogP contribution in [0.15, 0.2) is 48.5 Å². The largest absolute Gasteiger partial charge is 0.493 e. The van der Waals surface area contributed by atoms with E-state index in [0.29, 0.717) is 24.3 Å². The first kappa shape index (κ1) is 13.3. The summed E-state index contributed by atoms with van der Waals surface area (Å²) < 4.78 is 5.50. The molecule has 0 aliphatic rings. The minimum absolute atomic E-state index is 0.0923. The van der Waals surface area contributed by atoms with Crippen LogP contribution in [0, 0.1) is 6.92 Å². The summed E-state index contributed by atoms with van der Waals surface area (Å²) in [6, 6.07) is 15.4. The maximum Gasteiger partial charge on any atom is 0.170 e. The Kier molecular flexibility index (Phi) is 4.35. The first-order chi connectivity index (χ1) is 9.20. The van der Waals surface area contributed by atoms with Crippen LogP contribution in [0.2, 0.25) is 0 Å². The number of Topliss-reactive ketones (excluding diaryl/α,β-unsaturated/α-hetero) is 1. The van der Waals surface area contributed by atoms with Gasteiger partial charge in [0, 0.05) is 6.42 Å². The van der Waals surface area contributed by atoms with Crippen LogP contribution >= 0.6 is 0 Å². The van der Waals surface area contributed by atoms with Crippen molar-refractivity contribution in [1.29, 1.82) is 0 Å². The topological polar surface area (TPSA) is 26.3 Å². The third-order valence-electron chi connectivity index (χ3n) is 2.93. The van der Waals surface area contributed by atoms with E-state index in [1.54, 1.807) is 0 Å². The number of carbonyl (C=O) groups is 1. The zero-order valence-electron chi connectivity index (χ0n) is 11.3. The molecule has 19 heavy (non-hydrogen) atoms. The predicted molar refractivity (Wildman–Crippen MR) is 76.8 cm³/mol. The van der Waals surface area contributed by atoms with Gasteiger partial charge in [0.15, 0.2) is 5.78 Å². The molecule has 0 N–H and O–H groups in total. The minimum Gasteiger partial charge on any atom is -0.493 e. The Hall–Kier alpha value is -2.09. The molecule has 0 heterocycles. The molecule has 2 aromatic rings. The monoisotopic (exact) mass is 254 g/mol. The van der Waals surface area contributed by atoms with Gasteiger partial charge in [-0.15, -0.1) is 0 Å². The Morgan fingerprint density at radius 1 is 1.11 bits per heavy atom. The fraction of sp³-hybridized carbons (Fsp3) is 0.235. The average molecular weight is 254 g/mol. The Morgan fingerprint density at radius 3 is 2.63 bits per heavy atom. The first-order valence-corrected chi connectivity index (χ1v) is 6.51. The number of rotatable bonds is 5. The second kappa shape index (κ2) is 6.19. The number of para-hydroxylation sites is 1. The number of ketones is 1. The van der Waals surface area contributed by atoms with Crippen molar-refractivity contribution in [3.8, 4) is 5.75 Å². The maximum atomic E-state index is 12.3. The van der Waals surface area contributed by atoms with Gasteiger partial charge in [-0.05, 0) is 31.5 Å². The van der Waals surface area contributed by atoms with E-state index in [9.17, 15) is 4.79 Å². The lowest BCUT2D eigenvalue weighted by molar-refractivity contribution is 0.0989. The van der Waals surface area contributed by atoms with Crippen LogP contribution in [0.25, 0.3) is 0 Å². The number of carbonyl (C=O) groups excluding carboxylic acids is 1. The quantitative estimate of drug-likeness (QED) is 0.758. The number of hydrogen-bond acceptors (Lipinski definition) is 2. The Morgan fingerprint density at radius 2 is 1.89 bits per heavy atom. The molecule has 2 heteroatoms. The number of aryl methyl sites for hydroxylation is 1. The third-order valence-corrected chi connectivity index (χ3v) is 2.93. The molecule has 2 nitrogen and oxygen atoms in total. The Balaban J connectivity index is 2.20. The van der Waals surface area contributed by atoms with Crippen molar-refractivity contribution in [3.63, 3.8) is 0 Å². The second-order valence-corrected chi connectivity index (χ2v) is 4.52. The fourth-order valence-electron chi connectivity index (χ4n) is 2.08. The van der Waals surface area contributed by atoms with Crippen molar-refractivity contribution >= 4 is 5.78 Å². The van der Waals surface area contributed by atoms with Crippen LogP contribution in [0.5, 0.6) is 5.75 Å². The summed E-state index contributed by atoms with van der Waals surface area (Å²) in [6.07, 6.45) is 0.408. The van der Waals surface area contributed by atoms with Crippen LogP contribution in [0.3, 0.4) is 0 Å². The maximum absolute atomic E-state index is 12.3. The van der Waals surface area contributed by atoms with Crippen LogP contribution in [0.1, 0.15) is 28.4 Å². The zero-order chi connectivity index (χ0) is 13.7. The molecule has 0 aliphatic carbocycles.